The van der Waals surface area contributed by atoms with E-state index in [2.05, 4.69) is 6.92 Å². The van der Waals surface area contributed by atoms with Crippen molar-refractivity contribution in [3.63, 3.8) is 0 Å². The molecule has 4 nitrogen and oxygen atoms in total. The highest BCUT2D eigenvalue weighted by molar-refractivity contribution is 5.99. The van der Waals surface area contributed by atoms with Gasteiger partial charge < -0.3 is 9.47 Å². The van der Waals surface area contributed by atoms with E-state index in [9.17, 15) is 9.59 Å². The molecule has 124 valence electrons. The Balaban J connectivity index is 3.68. The number of hydrogen-bond donors (Lipinski definition) is 0. The van der Waals surface area contributed by atoms with E-state index >= 15 is 0 Å². The smallest absolute Gasteiger partial charge is 0.322 e. The Bertz CT molecular complexity index is 297. The highest BCUT2D eigenvalue weighted by atomic mass is 16.6. The van der Waals surface area contributed by atoms with Crippen LogP contribution in [0.15, 0.2) is 0 Å². The third-order valence-corrected chi connectivity index (χ3v) is 3.53. The van der Waals surface area contributed by atoms with E-state index in [-0.39, 0.29) is 6.61 Å². The molecule has 0 aromatic carbocycles. The molecule has 0 saturated carbocycles. The molecular weight excluding hydrogens is 268 g/mol. The van der Waals surface area contributed by atoms with Gasteiger partial charge in [-0.1, -0.05) is 51.9 Å². The van der Waals surface area contributed by atoms with Crippen molar-refractivity contribution in [2.24, 2.45) is 5.41 Å². The van der Waals surface area contributed by atoms with Gasteiger partial charge in [0.1, 0.15) is 0 Å². The van der Waals surface area contributed by atoms with Crippen LogP contribution in [0.4, 0.5) is 0 Å². The van der Waals surface area contributed by atoms with Gasteiger partial charge in [-0.3, -0.25) is 9.59 Å². The van der Waals surface area contributed by atoms with E-state index in [0.29, 0.717) is 6.61 Å². The summed E-state index contributed by atoms with van der Waals surface area (Å²) >= 11 is 0. The second-order valence-electron chi connectivity index (χ2n) is 5.96. The van der Waals surface area contributed by atoms with Gasteiger partial charge in [0.05, 0.1) is 13.2 Å². The van der Waals surface area contributed by atoms with E-state index in [1.165, 1.54) is 38.5 Å². The summed E-state index contributed by atoms with van der Waals surface area (Å²) in [5.74, 6) is -1.02. The van der Waals surface area contributed by atoms with Crippen LogP contribution in [0.25, 0.3) is 0 Å². The molecule has 0 N–H and O–H groups in total. The molecule has 21 heavy (non-hydrogen) atoms. The third-order valence-electron chi connectivity index (χ3n) is 3.53. The predicted molar refractivity (Wildman–Crippen MR) is 84.0 cm³/mol. The molecule has 0 amide bonds. The standard InChI is InChI=1S/C17H32O4/c1-5-7-8-9-10-11-12-13-14-21-16(19)17(3,4)15(18)20-6-2/h5-14H2,1-4H3. The van der Waals surface area contributed by atoms with Crippen LogP contribution in [0.2, 0.25) is 0 Å². The molecule has 0 radical (unpaired) electrons. The molecule has 0 heterocycles. The molecule has 0 spiro atoms. The van der Waals surface area contributed by atoms with Gasteiger partial charge in [0.25, 0.3) is 0 Å². The van der Waals surface area contributed by atoms with Crippen molar-refractivity contribution in [3.8, 4) is 0 Å². The zero-order valence-corrected chi connectivity index (χ0v) is 14.2. The van der Waals surface area contributed by atoms with E-state index in [1.807, 2.05) is 0 Å². The maximum atomic E-state index is 11.9. The van der Waals surface area contributed by atoms with Crippen LogP contribution < -0.4 is 0 Å². The first-order chi connectivity index (χ1) is 9.96. The first-order valence-electron chi connectivity index (χ1n) is 8.31. The molecule has 0 atom stereocenters. The van der Waals surface area contributed by atoms with Crippen LogP contribution in [0.1, 0.15) is 79.1 Å². The number of unbranched alkanes of at least 4 members (excludes halogenated alkanes) is 7. The summed E-state index contributed by atoms with van der Waals surface area (Å²) in [7, 11) is 0. The minimum atomic E-state index is -1.21. The third kappa shape index (κ3) is 8.74. The number of ether oxygens (including phenoxy) is 2. The molecule has 0 unspecified atom stereocenters. The molecule has 0 rings (SSSR count). The predicted octanol–water partition coefficient (Wildman–Crippen LogP) is 4.26. The van der Waals surface area contributed by atoms with Crippen molar-refractivity contribution in [2.45, 2.75) is 79.1 Å². The lowest BCUT2D eigenvalue weighted by atomic mass is 9.94. The molecule has 0 aromatic rings. The maximum Gasteiger partial charge on any atom is 0.322 e. The number of rotatable bonds is 12. The second kappa shape index (κ2) is 11.6. The normalized spacial score (nSPS) is 11.2. The minimum absolute atomic E-state index is 0.271. The monoisotopic (exact) mass is 300 g/mol. The fourth-order valence-electron chi connectivity index (χ4n) is 1.98. The molecule has 0 saturated heterocycles. The Morgan fingerprint density at radius 1 is 0.762 bits per heavy atom. The average Bonchev–Trinajstić information content (AvgIpc) is 2.45. The Labute approximate surface area is 129 Å². The SMILES string of the molecule is CCCCCCCCCCOC(=O)C(C)(C)C(=O)OCC. The zero-order chi connectivity index (χ0) is 16.1. The fraction of sp³-hybridized carbons (Fsp3) is 0.882. The molecule has 0 aliphatic rings. The van der Waals surface area contributed by atoms with E-state index in [0.717, 1.165) is 12.8 Å². The molecule has 0 aromatic heterocycles. The highest BCUT2D eigenvalue weighted by Gasteiger charge is 2.39. The largest absolute Gasteiger partial charge is 0.465 e. The van der Waals surface area contributed by atoms with Crippen molar-refractivity contribution in [3.05, 3.63) is 0 Å². The second-order valence-corrected chi connectivity index (χ2v) is 5.96. The summed E-state index contributed by atoms with van der Waals surface area (Å²) in [5, 5.41) is 0. The van der Waals surface area contributed by atoms with Gasteiger partial charge in [-0.25, -0.2) is 0 Å². The zero-order valence-electron chi connectivity index (χ0n) is 14.2. The number of esters is 2. The highest BCUT2D eigenvalue weighted by Crippen LogP contribution is 2.20. The summed E-state index contributed by atoms with van der Waals surface area (Å²) < 4.78 is 10.1. The quantitative estimate of drug-likeness (QED) is 0.307. The number of hydrogen-bond acceptors (Lipinski definition) is 4. The summed E-state index contributed by atoms with van der Waals surface area (Å²) in [4.78, 5) is 23.5. The van der Waals surface area contributed by atoms with Gasteiger partial charge >= 0.3 is 11.9 Å². The van der Waals surface area contributed by atoms with Crippen molar-refractivity contribution >= 4 is 11.9 Å². The lowest BCUT2D eigenvalue weighted by molar-refractivity contribution is -0.169. The van der Waals surface area contributed by atoms with E-state index < -0.39 is 17.4 Å². The van der Waals surface area contributed by atoms with Crippen molar-refractivity contribution < 1.29 is 19.1 Å². The molecular formula is C17H32O4. The van der Waals surface area contributed by atoms with Crippen LogP contribution in [-0.2, 0) is 19.1 Å². The summed E-state index contributed by atoms with van der Waals surface area (Å²) in [6, 6.07) is 0. The van der Waals surface area contributed by atoms with Crippen LogP contribution in [0.5, 0.6) is 0 Å². The van der Waals surface area contributed by atoms with Gasteiger partial charge in [0.15, 0.2) is 5.41 Å². The van der Waals surface area contributed by atoms with Crippen LogP contribution >= 0.6 is 0 Å². The van der Waals surface area contributed by atoms with Gasteiger partial charge in [0.2, 0.25) is 0 Å². The molecule has 0 aliphatic heterocycles. The van der Waals surface area contributed by atoms with Crippen molar-refractivity contribution in [1.29, 1.82) is 0 Å². The van der Waals surface area contributed by atoms with Gasteiger partial charge in [0, 0.05) is 0 Å². The summed E-state index contributed by atoms with van der Waals surface area (Å²) in [5.41, 5.74) is -1.21. The molecule has 0 fully saturated rings. The Morgan fingerprint density at radius 2 is 1.24 bits per heavy atom. The fourth-order valence-corrected chi connectivity index (χ4v) is 1.98. The van der Waals surface area contributed by atoms with Gasteiger partial charge in [-0.15, -0.1) is 0 Å². The Hall–Kier alpha value is -1.06. The summed E-state index contributed by atoms with van der Waals surface area (Å²) in [6.45, 7) is 7.68. The molecule has 4 heteroatoms. The van der Waals surface area contributed by atoms with Crippen LogP contribution in [0.3, 0.4) is 0 Å². The van der Waals surface area contributed by atoms with Crippen molar-refractivity contribution in [2.75, 3.05) is 13.2 Å². The Kier molecular flexibility index (Phi) is 11.0. The van der Waals surface area contributed by atoms with Gasteiger partial charge in [-0.05, 0) is 27.2 Å². The van der Waals surface area contributed by atoms with Crippen LogP contribution in [0, 0.1) is 5.41 Å². The van der Waals surface area contributed by atoms with Crippen molar-refractivity contribution in [1.82, 2.24) is 0 Å². The summed E-state index contributed by atoms with van der Waals surface area (Å²) in [6.07, 6.45) is 9.57. The first-order valence-corrected chi connectivity index (χ1v) is 8.31. The molecule has 0 aliphatic carbocycles. The average molecular weight is 300 g/mol. The van der Waals surface area contributed by atoms with E-state index in [4.69, 9.17) is 9.47 Å². The lowest BCUT2D eigenvalue weighted by Crippen LogP contribution is -2.36. The van der Waals surface area contributed by atoms with Crippen LogP contribution in [-0.4, -0.2) is 25.2 Å². The minimum Gasteiger partial charge on any atom is -0.465 e. The maximum absolute atomic E-state index is 11.9. The lowest BCUT2D eigenvalue weighted by Gasteiger charge is -2.20. The van der Waals surface area contributed by atoms with E-state index in [1.54, 1.807) is 20.8 Å². The Morgan fingerprint density at radius 3 is 1.76 bits per heavy atom. The topological polar surface area (TPSA) is 52.6 Å². The number of carbonyl (C=O) groups is 2. The number of carbonyl (C=O) groups excluding carboxylic acids is 2. The molecule has 0 bridgehead atoms. The van der Waals surface area contributed by atoms with Gasteiger partial charge in [-0.2, -0.15) is 0 Å². The first kappa shape index (κ1) is 19.9.